The first kappa shape index (κ1) is 24.2. The molecule has 6 N–H and O–H groups in total. The van der Waals surface area contributed by atoms with E-state index in [-0.39, 0.29) is 5.76 Å². The molecule has 27 heavy (non-hydrogen) atoms. The summed E-state index contributed by atoms with van der Waals surface area (Å²) in [5.41, 5.74) is 12.0. The first-order valence-electron chi connectivity index (χ1n) is 8.08. The first-order chi connectivity index (χ1) is 13.0. The van der Waals surface area contributed by atoms with Crippen molar-refractivity contribution in [1.82, 2.24) is 4.57 Å². The highest BCUT2D eigenvalue weighted by Crippen LogP contribution is 2.19. The second kappa shape index (κ2) is 14.4. The maximum absolute atomic E-state index is 10.9. The Morgan fingerprint density at radius 1 is 1.15 bits per heavy atom. The number of phenols is 1. The third kappa shape index (κ3) is 8.95. The van der Waals surface area contributed by atoms with Gasteiger partial charge in [-0.2, -0.15) is 0 Å². The molecule has 3 aromatic rings. The number of hydrogen-bond acceptors (Lipinski definition) is 8. The van der Waals surface area contributed by atoms with Crippen molar-refractivity contribution >= 4 is 29.2 Å². The molecule has 0 saturated carbocycles. The Balaban J connectivity index is 0.000000381. The lowest BCUT2D eigenvalue weighted by Gasteiger charge is -1.99. The minimum Gasteiger partial charge on any atom is -0.506 e. The number of nitrogens with one attached hydrogen (secondary N) is 1. The van der Waals surface area contributed by atoms with Gasteiger partial charge in [0.05, 0.1) is 11.2 Å². The van der Waals surface area contributed by atoms with Crippen LogP contribution in [0.3, 0.4) is 0 Å². The smallest absolute Gasteiger partial charge is 0.419 e. The predicted molar refractivity (Wildman–Crippen MR) is 113 cm³/mol. The van der Waals surface area contributed by atoms with Crippen molar-refractivity contribution < 1.29 is 9.52 Å². The minimum absolute atomic E-state index is 0.292. The van der Waals surface area contributed by atoms with Crippen molar-refractivity contribution in [3.63, 3.8) is 0 Å². The summed E-state index contributed by atoms with van der Waals surface area (Å²) in [5.74, 6) is -0.0220. The number of aromatic nitrogens is 1. The Hall–Kier alpha value is -2.75. The quantitative estimate of drug-likeness (QED) is 0.488. The molecule has 9 heteroatoms. The molecule has 0 atom stereocenters. The number of benzene rings is 2. The molecule has 1 aromatic heterocycles. The number of nitrogens with two attached hydrogens (primary N) is 2. The Kier molecular flexibility index (Phi) is 13.0. The van der Waals surface area contributed by atoms with E-state index in [1.807, 2.05) is 30.3 Å². The van der Waals surface area contributed by atoms with E-state index in [9.17, 15) is 4.79 Å². The summed E-state index contributed by atoms with van der Waals surface area (Å²) in [6, 6.07) is 14.4. The van der Waals surface area contributed by atoms with Gasteiger partial charge in [-0.1, -0.05) is 24.3 Å². The van der Waals surface area contributed by atoms with Crippen LogP contribution in [-0.2, 0) is 19.5 Å². The Bertz CT molecular complexity index is 846. The summed E-state index contributed by atoms with van der Waals surface area (Å²) < 4.78 is 9.47. The molecule has 0 fully saturated rings. The number of rotatable bonds is 2. The average molecular weight is 394 g/mol. The molecule has 0 aliphatic carbocycles. The monoisotopic (exact) mass is 393 g/mol. The predicted octanol–water partition coefficient (Wildman–Crippen LogP) is 1.82. The van der Waals surface area contributed by atoms with Gasteiger partial charge in [-0.05, 0) is 24.3 Å². The molecule has 2 aromatic carbocycles. The molecule has 148 valence electrons. The molecule has 0 unspecified atom stereocenters. The van der Waals surface area contributed by atoms with Crippen molar-refractivity contribution in [2.45, 2.75) is 0 Å². The number of fused-ring (bicyclic) bond motifs is 1. The van der Waals surface area contributed by atoms with Crippen LogP contribution in [0.2, 0.25) is 0 Å². The molecule has 0 spiro atoms. The van der Waals surface area contributed by atoms with Gasteiger partial charge in [0.25, 0.3) is 0 Å². The summed E-state index contributed by atoms with van der Waals surface area (Å²) in [5, 5.41) is 11.9. The molecule has 8 nitrogen and oxygen atoms in total. The summed E-state index contributed by atoms with van der Waals surface area (Å²) in [4.78, 5) is 10.9. The topological polar surface area (TPSA) is 132 Å². The van der Waals surface area contributed by atoms with E-state index in [0.717, 1.165) is 11.2 Å². The van der Waals surface area contributed by atoms with Gasteiger partial charge in [-0.25, -0.2) is 9.16 Å². The summed E-state index contributed by atoms with van der Waals surface area (Å²) in [6.07, 6.45) is 0. The van der Waals surface area contributed by atoms with Crippen LogP contribution in [0.5, 0.6) is 5.75 Å². The van der Waals surface area contributed by atoms with Gasteiger partial charge in [0.2, 0.25) is 0 Å². The largest absolute Gasteiger partial charge is 0.506 e. The van der Waals surface area contributed by atoms with Crippen molar-refractivity contribution in [1.29, 1.82) is 0 Å². The number of aryl methyl sites for hydroxylation is 1. The van der Waals surface area contributed by atoms with E-state index in [4.69, 9.17) is 21.0 Å². The summed E-state index contributed by atoms with van der Waals surface area (Å²) in [6.45, 7) is 1.19. The molecule has 1 heterocycles. The molecular formula is C18H27N5O3S. The van der Waals surface area contributed by atoms with Crippen LogP contribution in [0.4, 0.5) is 5.69 Å². The van der Waals surface area contributed by atoms with Crippen molar-refractivity contribution in [3.8, 4) is 5.75 Å². The number of phenolic OH excluding ortho intramolecular Hbond substituents is 1. The molecule has 0 aliphatic heterocycles. The fourth-order valence-electron chi connectivity index (χ4n) is 1.77. The zero-order chi connectivity index (χ0) is 20.7. The second-order valence-electron chi connectivity index (χ2n) is 4.92. The van der Waals surface area contributed by atoms with Crippen molar-refractivity contribution in [2.75, 3.05) is 32.5 Å². The van der Waals surface area contributed by atoms with Gasteiger partial charge in [-0.15, -0.1) is 0 Å². The highest BCUT2D eigenvalue weighted by molar-refractivity contribution is 7.47. The molecule has 3 rings (SSSR count). The van der Waals surface area contributed by atoms with Gasteiger partial charge < -0.3 is 26.3 Å². The maximum Gasteiger partial charge on any atom is 0.419 e. The fourth-order valence-corrected chi connectivity index (χ4v) is 1.77. The molecular weight excluding hydrogens is 366 g/mol. The van der Waals surface area contributed by atoms with Crippen LogP contribution in [-0.4, -0.2) is 36.9 Å². The number of anilines is 1. The average Bonchev–Trinajstić information content (AvgIpc) is 2.98. The summed E-state index contributed by atoms with van der Waals surface area (Å²) in [7, 11) is 5.03. The van der Waals surface area contributed by atoms with Gasteiger partial charge >= 0.3 is 5.76 Å². The molecule has 0 radical (unpaired) electrons. The van der Waals surface area contributed by atoms with E-state index < -0.39 is 0 Å². The maximum atomic E-state index is 10.9. The lowest BCUT2D eigenvalue weighted by atomic mass is 10.3. The van der Waals surface area contributed by atoms with Gasteiger partial charge in [0.1, 0.15) is 5.75 Å². The van der Waals surface area contributed by atoms with Crippen LogP contribution in [0.1, 0.15) is 0 Å². The zero-order valence-corrected chi connectivity index (χ0v) is 16.6. The Morgan fingerprint density at radius 2 is 1.67 bits per heavy atom. The van der Waals surface area contributed by atoms with E-state index in [1.54, 1.807) is 39.3 Å². The first-order valence-corrected chi connectivity index (χ1v) is 8.45. The Labute approximate surface area is 164 Å². The Morgan fingerprint density at radius 3 is 2.11 bits per heavy atom. The lowest BCUT2D eigenvalue weighted by molar-refractivity contribution is 0.477. The van der Waals surface area contributed by atoms with E-state index >= 15 is 0 Å². The van der Waals surface area contributed by atoms with Crippen LogP contribution in [0, 0.1) is 0 Å². The van der Waals surface area contributed by atoms with Crippen LogP contribution >= 0.6 is 0 Å². The van der Waals surface area contributed by atoms with Gasteiger partial charge in [0.15, 0.2) is 5.58 Å². The molecule has 0 bridgehead atoms. The van der Waals surface area contributed by atoms with Crippen LogP contribution in [0.15, 0.2) is 62.1 Å². The fraction of sp³-hybridized carbons (Fsp3) is 0.278. The molecule has 0 saturated heterocycles. The standard InChI is InChI=1S/C8H7NO2.C7H9NO.C2H8N2.CH3NS/c1-9-6-4-2-3-5-7(6)11-8(9)10;1-8-6-4-2-3-5-7(6)9;3-1-2-4;1-2-3/h2-5H,1H3;2-5,8-9H,1H3;1-4H2;1H3. The lowest BCUT2D eigenvalue weighted by Crippen LogP contribution is -2.11. The second-order valence-corrected chi connectivity index (χ2v) is 5.29. The van der Waals surface area contributed by atoms with Crippen LogP contribution < -0.4 is 22.5 Å². The number of aromatic hydroxyl groups is 1. The van der Waals surface area contributed by atoms with E-state index in [0.29, 0.717) is 24.4 Å². The highest BCUT2D eigenvalue weighted by atomic mass is 32.1. The number of oxazole rings is 1. The molecule has 0 amide bonds. The minimum atomic E-state index is -0.314. The van der Waals surface area contributed by atoms with Gasteiger partial charge in [-0.3, -0.25) is 4.57 Å². The zero-order valence-electron chi connectivity index (χ0n) is 15.8. The van der Waals surface area contributed by atoms with Crippen molar-refractivity contribution in [3.05, 3.63) is 59.1 Å². The number of hydrogen-bond donors (Lipinski definition) is 4. The van der Waals surface area contributed by atoms with Crippen molar-refractivity contribution in [2.24, 2.45) is 22.9 Å². The van der Waals surface area contributed by atoms with E-state index in [2.05, 4.69) is 22.1 Å². The number of nitrogens with zero attached hydrogens (tertiary/aromatic N) is 2. The molecule has 0 aliphatic rings. The normalized spacial score (nSPS) is 8.93. The SMILES string of the molecule is CN=S.CNc1ccccc1O.Cn1c(=O)oc2ccccc21.NCCN. The number of para-hydroxylation sites is 4. The van der Waals surface area contributed by atoms with Crippen LogP contribution in [0.25, 0.3) is 11.1 Å². The highest BCUT2D eigenvalue weighted by Gasteiger charge is 2.01. The van der Waals surface area contributed by atoms with Gasteiger partial charge in [0, 0.05) is 46.7 Å². The summed E-state index contributed by atoms with van der Waals surface area (Å²) >= 11 is 4.02. The third-order valence-corrected chi connectivity index (χ3v) is 3.04. The third-order valence-electron chi connectivity index (χ3n) is 3.04. The van der Waals surface area contributed by atoms with E-state index in [1.165, 1.54) is 4.57 Å².